The summed E-state index contributed by atoms with van der Waals surface area (Å²) in [6.07, 6.45) is 3.43. The van der Waals surface area contributed by atoms with Crippen molar-refractivity contribution in [1.29, 1.82) is 0 Å². The minimum absolute atomic E-state index is 0.154. The van der Waals surface area contributed by atoms with Gasteiger partial charge in [0.05, 0.1) is 0 Å². The van der Waals surface area contributed by atoms with Crippen molar-refractivity contribution in [3.63, 3.8) is 0 Å². The number of aromatic nitrogens is 2. The first-order valence-electron chi connectivity index (χ1n) is 6.99. The normalized spacial score (nSPS) is 10.5. The molecule has 0 N–H and O–H groups in total. The molecule has 6 heteroatoms. The van der Waals surface area contributed by atoms with Crippen LogP contribution in [0.2, 0.25) is 0 Å². The van der Waals surface area contributed by atoms with Gasteiger partial charge in [0.2, 0.25) is 0 Å². The van der Waals surface area contributed by atoms with E-state index >= 15 is 0 Å². The van der Waals surface area contributed by atoms with Crippen LogP contribution in [0.15, 0.2) is 54.2 Å². The monoisotopic (exact) mass is 327 g/mol. The van der Waals surface area contributed by atoms with Crippen molar-refractivity contribution < 1.29 is 9.18 Å². The van der Waals surface area contributed by atoms with Gasteiger partial charge >= 0.3 is 0 Å². The van der Waals surface area contributed by atoms with Crippen molar-refractivity contribution >= 4 is 17.2 Å². The average Bonchev–Trinajstić information content (AvgIpc) is 3.05. The molecule has 0 aliphatic rings. The predicted octanol–water partition coefficient (Wildman–Crippen LogP) is 3.62. The highest BCUT2D eigenvalue weighted by Gasteiger charge is 2.16. The van der Waals surface area contributed by atoms with Crippen LogP contribution in [0.4, 0.5) is 4.39 Å². The van der Waals surface area contributed by atoms with E-state index in [9.17, 15) is 9.18 Å². The molecule has 0 saturated heterocycles. The van der Waals surface area contributed by atoms with Gasteiger partial charge in [-0.2, -0.15) is 0 Å². The second kappa shape index (κ2) is 6.66. The van der Waals surface area contributed by atoms with E-state index in [4.69, 9.17) is 0 Å². The molecule has 0 bridgehead atoms. The van der Waals surface area contributed by atoms with Crippen molar-refractivity contribution in [1.82, 2.24) is 14.9 Å². The van der Waals surface area contributed by atoms with Gasteiger partial charge in [-0.15, -0.1) is 11.3 Å². The maximum absolute atomic E-state index is 13.0. The zero-order chi connectivity index (χ0) is 16.2. The summed E-state index contributed by atoms with van der Waals surface area (Å²) in [7, 11) is 1.73. The third-order valence-electron chi connectivity index (χ3n) is 3.30. The average molecular weight is 327 g/mol. The van der Waals surface area contributed by atoms with E-state index in [1.54, 1.807) is 41.9 Å². The van der Waals surface area contributed by atoms with Crippen molar-refractivity contribution in [3.8, 4) is 10.6 Å². The summed E-state index contributed by atoms with van der Waals surface area (Å²) in [6, 6.07) is 9.83. The molecule has 0 radical (unpaired) electrons. The molecule has 0 saturated carbocycles. The molecule has 2 heterocycles. The molecular formula is C17H14FN3OS. The van der Waals surface area contributed by atoms with Gasteiger partial charge in [0.15, 0.2) is 0 Å². The maximum atomic E-state index is 13.0. The highest BCUT2D eigenvalue weighted by atomic mass is 32.1. The Morgan fingerprint density at radius 1 is 1.26 bits per heavy atom. The first kappa shape index (κ1) is 15.3. The van der Waals surface area contributed by atoms with Crippen LogP contribution in [0.3, 0.4) is 0 Å². The topological polar surface area (TPSA) is 46.1 Å². The minimum atomic E-state index is -0.294. The van der Waals surface area contributed by atoms with E-state index in [1.807, 2.05) is 12.1 Å². The molecule has 0 fully saturated rings. The summed E-state index contributed by atoms with van der Waals surface area (Å²) in [6.45, 7) is 0.468. The molecule has 1 aromatic carbocycles. The van der Waals surface area contributed by atoms with E-state index in [1.165, 1.54) is 23.5 Å². The van der Waals surface area contributed by atoms with E-state index in [-0.39, 0.29) is 11.7 Å². The molecule has 0 spiro atoms. The number of rotatable bonds is 4. The number of hydrogen-bond donors (Lipinski definition) is 0. The molecule has 3 aromatic rings. The van der Waals surface area contributed by atoms with Gasteiger partial charge in [0.25, 0.3) is 5.91 Å². The van der Waals surface area contributed by atoms with Gasteiger partial charge in [0.1, 0.15) is 16.5 Å². The van der Waals surface area contributed by atoms with Gasteiger partial charge in [-0.1, -0.05) is 6.07 Å². The quantitative estimate of drug-likeness (QED) is 0.735. The summed E-state index contributed by atoms with van der Waals surface area (Å²) < 4.78 is 13.0. The fourth-order valence-electron chi connectivity index (χ4n) is 2.13. The van der Waals surface area contributed by atoms with Crippen LogP contribution < -0.4 is 0 Å². The lowest BCUT2D eigenvalue weighted by Crippen LogP contribution is -2.26. The van der Waals surface area contributed by atoms with Crippen molar-refractivity contribution in [3.05, 3.63) is 71.2 Å². The Hall–Kier alpha value is -2.60. The fraction of sp³-hybridized carbons (Fsp3) is 0.118. The van der Waals surface area contributed by atoms with Crippen LogP contribution in [0.1, 0.15) is 16.1 Å². The second-order valence-corrected chi connectivity index (χ2v) is 5.93. The first-order valence-corrected chi connectivity index (χ1v) is 7.87. The van der Waals surface area contributed by atoms with Gasteiger partial charge in [-0.25, -0.2) is 9.37 Å². The minimum Gasteiger partial charge on any atom is -0.336 e. The number of hydrogen-bond acceptors (Lipinski definition) is 4. The van der Waals surface area contributed by atoms with Gasteiger partial charge in [-0.3, -0.25) is 9.78 Å². The van der Waals surface area contributed by atoms with Crippen LogP contribution in [0.25, 0.3) is 10.6 Å². The zero-order valence-electron chi connectivity index (χ0n) is 12.4. The smallest absolute Gasteiger partial charge is 0.273 e. The Bertz CT molecular complexity index is 802. The Labute approximate surface area is 137 Å². The van der Waals surface area contributed by atoms with Crippen LogP contribution in [-0.4, -0.2) is 27.8 Å². The molecular weight excluding hydrogens is 313 g/mol. The molecule has 4 nitrogen and oxygen atoms in total. The molecule has 0 aliphatic heterocycles. The number of amides is 1. The van der Waals surface area contributed by atoms with Crippen molar-refractivity contribution in [2.75, 3.05) is 7.05 Å². The van der Waals surface area contributed by atoms with E-state index in [0.717, 1.165) is 11.1 Å². The lowest BCUT2D eigenvalue weighted by molar-refractivity contribution is 0.0780. The molecule has 0 aliphatic carbocycles. The highest BCUT2D eigenvalue weighted by molar-refractivity contribution is 7.13. The highest BCUT2D eigenvalue weighted by Crippen LogP contribution is 2.24. The summed E-state index contributed by atoms with van der Waals surface area (Å²) in [5, 5.41) is 2.42. The SMILES string of the molecule is CN(Cc1cccnc1)C(=O)c1csc(-c2ccc(F)cc2)n1. The number of halogens is 1. The zero-order valence-corrected chi connectivity index (χ0v) is 13.3. The van der Waals surface area contributed by atoms with Crippen LogP contribution in [-0.2, 0) is 6.54 Å². The standard InChI is InChI=1S/C17H14FN3OS/c1-21(10-12-3-2-8-19-9-12)17(22)15-11-23-16(20-15)13-4-6-14(18)7-5-13/h2-9,11H,10H2,1H3. The summed E-state index contributed by atoms with van der Waals surface area (Å²) >= 11 is 1.37. The third kappa shape index (κ3) is 3.60. The van der Waals surface area contributed by atoms with E-state index in [0.29, 0.717) is 17.2 Å². The van der Waals surface area contributed by atoms with Crippen molar-refractivity contribution in [2.45, 2.75) is 6.54 Å². The van der Waals surface area contributed by atoms with E-state index < -0.39 is 0 Å². The third-order valence-corrected chi connectivity index (χ3v) is 4.20. The Morgan fingerprint density at radius 3 is 2.74 bits per heavy atom. The largest absolute Gasteiger partial charge is 0.336 e. The van der Waals surface area contributed by atoms with Crippen molar-refractivity contribution in [2.24, 2.45) is 0 Å². The number of pyridine rings is 1. The molecule has 2 aromatic heterocycles. The number of carbonyl (C=O) groups excluding carboxylic acids is 1. The van der Waals surface area contributed by atoms with Gasteiger partial charge < -0.3 is 4.90 Å². The van der Waals surface area contributed by atoms with E-state index in [2.05, 4.69) is 9.97 Å². The van der Waals surface area contributed by atoms with Crippen LogP contribution in [0.5, 0.6) is 0 Å². The summed E-state index contributed by atoms with van der Waals surface area (Å²) in [4.78, 5) is 22.4. The molecule has 23 heavy (non-hydrogen) atoms. The Morgan fingerprint density at radius 2 is 2.04 bits per heavy atom. The lowest BCUT2D eigenvalue weighted by Gasteiger charge is -2.15. The Balaban J connectivity index is 1.74. The molecule has 0 unspecified atom stereocenters. The number of benzene rings is 1. The summed E-state index contributed by atoms with van der Waals surface area (Å²) in [5.74, 6) is -0.448. The predicted molar refractivity (Wildman–Crippen MR) is 87.5 cm³/mol. The van der Waals surface area contributed by atoms with Crippen LogP contribution in [0, 0.1) is 5.82 Å². The lowest BCUT2D eigenvalue weighted by atomic mass is 10.2. The fourth-order valence-corrected chi connectivity index (χ4v) is 2.93. The molecule has 116 valence electrons. The number of carbonyl (C=O) groups is 1. The number of thiazole rings is 1. The number of nitrogens with zero attached hydrogens (tertiary/aromatic N) is 3. The molecule has 3 rings (SSSR count). The second-order valence-electron chi connectivity index (χ2n) is 5.07. The Kier molecular flexibility index (Phi) is 4.43. The van der Waals surface area contributed by atoms with Crippen LogP contribution >= 0.6 is 11.3 Å². The molecule has 0 atom stereocenters. The summed E-state index contributed by atoms with van der Waals surface area (Å²) in [5.41, 5.74) is 2.14. The van der Waals surface area contributed by atoms with Gasteiger partial charge in [-0.05, 0) is 35.9 Å². The molecule has 1 amide bonds. The maximum Gasteiger partial charge on any atom is 0.273 e. The first-order chi connectivity index (χ1) is 11.1. The van der Waals surface area contributed by atoms with Gasteiger partial charge in [0, 0.05) is 36.9 Å².